The molecule has 8 heteroatoms. The standard InChI is InChI=1S/C25H21Cl2FN2O3/c1-32-23-9-5-7-15(24(23)33-2)18(17-12-29-22-8-4-3-6-14(17)22)13-30-25(31)16-10-21(28)20(27)11-19(16)26/h3-12,18,29H,13H2,1-2H3,(H,30,31). The molecule has 5 nitrogen and oxygen atoms in total. The second-order valence-corrected chi connectivity index (χ2v) is 8.20. The molecule has 1 unspecified atom stereocenters. The summed E-state index contributed by atoms with van der Waals surface area (Å²) < 4.78 is 25.1. The summed E-state index contributed by atoms with van der Waals surface area (Å²) in [5.74, 6) is -0.378. The number of hydrogen-bond donors (Lipinski definition) is 2. The van der Waals surface area contributed by atoms with Crippen LogP contribution in [0.5, 0.6) is 11.5 Å². The minimum Gasteiger partial charge on any atom is -0.493 e. The number of benzene rings is 3. The third-order valence-electron chi connectivity index (χ3n) is 5.53. The molecule has 0 saturated carbocycles. The van der Waals surface area contributed by atoms with Gasteiger partial charge in [0.25, 0.3) is 5.91 Å². The molecule has 1 atom stereocenters. The van der Waals surface area contributed by atoms with Crippen molar-refractivity contribution in [2.75, 3.05) is 20.8 Å². The molecule has 0 aliphatic rings. The molecule has 0 aliphatic carbocycles. The summed E-state index contributed by atoms with van der Waals surface area (Å²) in [6, 6.07) is 15.7. The lowest BCUT2D eigenvalue weighted by Gasteiger charge is -2.22. The first-order valence-electron chi connectivity index (χ1n) is 10.1. The third kappa shape index (κ3) is 4.49. The topological polar surface area (TPSA) is 63.3 Å². The first kappa shape index (κ1) is 23.0. The molecule has 0 saturated heterocycles. The molecule has 1 aromatic heterocycles. The van der Waals surface area contributed by atoms with Gasteiger partial charge in [0, 0.05) is 35.1 Å². The Labute approximate surface area is 200 Å². The smallest absolute Gasteiger partial charge is 0.252 e. The van der Waals surface area contributed by atoms with Gasteiger partial charge in [0.15, 0.2) is 11.5 Å². The van der Waals surface area contributed by atoms with Crippen LogP contribution in [-0.4, -0.2) is 31.7 Å². The summed E-state index contributed by atoms with van der Waals surface area (Å²) >= 11 is 11.9. The van der Waals surface area contributed by atoms with Crippen LogP contribution in [0.1, 0.15) is 27.4 Å². The lowest BCUT2D eigenvalue weighted by atomic mass is 9.89. The van der Waals surface area contributed by atoms with Crippen molar-refractivity contribution in [1.82, 2.24) is 10.3 Å². The molecule has 170 valence electrons. The highest BCUT2D eigenvalue weighted by Crippen LogP contribution is 2.40. The molecule has 0 radical (unpaired) electrons. The lowest BCUT2D eigenvalue weighted by Crippen LogP contribution is -2.29. The number of H-pyrrole nitrogens is 1. The second kappa shape index (κ2) is 9.73. The number of rotatable bonds is 7. The maximum atomic E-state index is 14.0. The van der Waals surface area contributed by atoms with Crippen LogP contribution in [0.2, 0.25) is 10.0 Å². The molecule has 1 amide bonds. The van der Waals surface area contributed by atoms with Crippen LogP contribution in [0.4, 0.5) is 4.39 Å². The summed E-state index contributed by atoms with van der Waals surface area (Å²) in [7, 11) is 3.14. The van der Waals surface area contributed by atoms with Crippen LogP contribution in [0, 0.1) is 5.82 Å². The van der Waals surface area contributed by atoms with Crippen LogP contribution < -0.4 is 14.8 Å². The molecule has 1 heterocycles. The van der Waals surface area contributed by atoms with E-state index in [-0.39, 0.29) is 28.1 Å². The molecule has 3 aromatic carbocycles. The minimum absolute atomic E-state index is 0.00819. The van der Waals surface area contributed by atoms with E-state index in [0.717, 1.165) is 28.1 Å². The fourth-order valence-corrected chi connectivity index (χ4v) is 4.41. The summed E-state index contributed by atoms with van der Waals surface area (Å²) in [5.41, 5.74) is 2.77. The number of hydrogen-bond acceptors (Lipinski definition) is 3. The zero-order valence-electron chi connectivity index (χ0n) is 17.9. The van der Waals surface area contributed by atoms with Crippen LogP contribution in [0.15, 0.2) is 60.8 Å². The number of amides is 1. The monoisotopic (exact) mass is 486 g/mol. The maximum absolute atomic E-state index is 14.0. The Morgan fingerprint density at radius 3 is 2.58 bits per heavy atom. The van der Waals surface area contributed by atoms with Gasteiger partial charge in [0.2, 0.25) is 0 Å². The van der Waals surface area contributed by atoms with Gasteiger partial charge in [-0.1, -0.05) is 53.5 Å². The Bertz CT molecular complexity index is 1320. The van der Waals surface area contributed by atoms with Gasteiger partial charge in [-0.2, -0.15) is 0 Å². The van der Waals surface area contributed by atoms with Crippen LogP contribution in [0.3, 0.4) is 0 Å². The van der Waals surface area contributed by atoms with E-state index in [0.29, 0.717) is 11.5 Å². The van der Waals surface area contributed by atoms with Crippen LogP contribution >= 0.6 is 23.2 Å². The zero-order valence-corrected chi connectivity index (χ0v) is 19.4. The van der Waals surface area contributed by atoms with Gasteiger partial charge in [-0.3, -0.25) is 4.79 Å². The second-order valence-electron chi connectivity index (χ2n) is 7.38. The lowest BCUT2D eigenvalue weighted by molar-refractivity contribution is 0.0952. The van der Waals surface area contributed by atoms with E-state index in [1.165, 1.54) is 6.07 Å². The number of fused-ring (bicyclic) bond motifs is 1. The predicted octanol–water partition coefficient (Wildman–Crippen LogP) is 6.19. The average Bonchev–Trinajstić information content (AvgIpc) is 3.25. The van der Waals surface area contributed by atoms with E-state index in [4.69, 9.17) is 32.7 Å². The first-order chi connectivity index (χ1) is 15.9. The fourth-order valence-electron chi connectivity index (χ4n) is 3.94. The summed E-state index contributed by atoms with van der Waals surface area (Å²) in [4.78, 5) is 16.2. The molecule has 0 fully saturated rings. The summed E-state index contributed by atoms with van der Waals surface area (Å²) in [6.45, 7) is 0.199. The van der Waals surface area contributed by atoms with Crippen molar-refractivity contribution >= 4 is 40.0 Å². The third-order valence-corrected chi connectivity index (χ3v) is 6.13. The quantitative estimate of drug-likeness (QED) is 0.306. The van der Waals surface area contributed by atoms with E-state index in [1.54, 1.807) is 14.2 Å². The number of para-hydroxylation sites is 2. The largest absolute Gasteiger partial charge is 0.493 e. The number of carbonyl (C=O) groups excluding carboxylic acids is 1. The number of aromatic amines is 1. The van der Waals surface area contributed by atoms with E-state index in [9.17, 15) is 9.18 Å². The highest BCUT2D eigenvalue weighted by Gasteiger charge is 2.25. The Hall–Kier alpha value is -3.22. The van der Waals surface area contributed by atoms with Gasteiger partial charge in [-0.15, -0.1) is 0 Å². The number of ether oxygens (including phenoxy) is 2. The molecule has 0 spiro atoms. The zero-order chi connectivity index (χ0) is 23.5. The maximum Gasteiger partial charge on any atom is 0.252 e. The number of nitrogens with one attached hydrogen (secondary N) is 2. The normalized spacial score (nSPS) is 11.9. The van der Waals surface area contributed by atoms with Crippen molar-refractivity contribution in [3.63, 3.8) is 0 Å². The SMILES string of the molecule is COc1cccc(C(CNC(=O)c2cc(F)c(Cl)cc2Cl)c2c[nH]c3ccccc23)c1OC. The average molecular weight is 487 g/mol. The van der Waals surface area contributed by atoms with Gasteiger partial charge < -0.3 is 19.8 Å². The van der Waals surface area contributed by atoms with Gasteiger partial charge in [-0.25, -0.2) is 4.39 Å². The van der Waals surface area contributed by atoms with Crippen LogP contribution in [-0.2, 0) is 0 Å². The van der Waals surface area contributed by atoms with E-state index < -0.39 is 11.7 Å². The van der Waals surface area contributed by atoms with Gasteiger partial charge in [0.05, 0.1) is 29.8 Å². The molecular weight excluding hydrogens is 466 g/mol. The highest BCUT2D eigenvalue weighted by molar-refractivity contribution is 6.36. The van der Waals surface area contributed by atoms with E-state index >= 15 is 0 Å². The van der Waals surface area contributed by atoms with Crippen molar-refractivity contribution < 1.29 is 18.7 Å². The summed E-state index contributed by atoms with van der Waals surface area (Å²) in [6.07, 6.45) is 1.91. The number of halogens is 3. The fraction of sp³-hybridized carbons (Fsp3) is 0.160. The van der Waals surface area contributed by atoms with Crippen molar-refractivity contribution in [3.8, 4) is 11.5 Å². The molecule has 0 aliphatic heterocycles. The molecule has 33 heavy (non-hydrogen) atoms. The highest BCUT2D eigenvalue weighted by atomic mass is 35.5. The Kier molecular flexibility index (Phi) is 6.77. The minimum atomic E-state index is -0.714. The molecule has 2 N–H and O–H groups in total. The van der Waals surface area contributed by atoms with Crippen molar-refractivity contribution in [2.24, 2.45) is 0 Å². The molecule has 4 aromatic rings. The Morgan fingerprint density at radius 1 is 1.03 bits per heavy atom. The molecule has 0 bridgehead atoms. The van der Waals surface area contributed by atoms with E-state index in [1.807, 2.05) is 48.7 Å². The number of carbonyl (C=O) groups is 1. The van der Waals surface area contributed by atoms with Gasteiger partial charge in [0.1, 0.15) is 5.82 Å². The van der Waals surface area contributed by atoms with Gasteiger partial charge in [-0.05, 0) is 29.8 Å². The molecule has 4 rings (SSSR count). The van der Waals surface area contributed by atoms with Crippen molar-refractivity contribution in [1.29, 1.82) is 0 Å². The van der Waals surface area contributed by atoms with Gasteiger partial charge >= 0.3 is 0 Å². The first-order valence-corrected chi connectivity index (χ1v) is 10.9. The van der Waals surface area contributed by atoms with Crippen molar-refractivity contribution in [2.45, 2.75) is 5.92 Å². The van der Waals surface area contributed by atoms with E-state index in [2.05, 4.69) is 10.3 Å². The summed E-state index contributed by atoms with van der Waals surface area (Å²) in [5, 5.41) is 3.82. The number of methoxy groups -OCH3 is 2. The van der Waals surface area contributed by atoms with Crippen molar-refractivity contribution in [3.05, 3.63) is 93.3 Å². The van der Waals surface area contributed by atoms with Crippen LogP contribution in [0.25, 0.3) is 10.9 Å². The predicted molar refractivity (Wildman–Crippen MR) is 128 cm³/mol. The Morgan fingerprint density at radius 2 is 1.82 bits per heavy atom. The number of aromatic nitrogens is 1. The molecular formula is C25H21Cl2FN2O3. The Balaban J connectivity index is 1.75.